The Balaban J connectivity index is 2.41. The van der Waals surface area contributed by atoms with Crippen LogP contribution in [0, 0.1) is 5.92 Å². The van der Waals surface area contributed by atoms with Gasteiger partial charge in [0.1, 0.15) is 0 Å². The standard InChI is InChI=1S/C8H16F2N2/c1-7-5-12(6-11-2)4-3-8(7,9)10/h7,11H,3-6H2,1-2H3. The van der Waals surface area contributed by atoms with Gasteiger partial charge in [-0.1, -0.05) is 6.92 Å². The summed E-state index contributed by atoms with van der Waals surface area (Å²) in [6, 6.07) is 0. The molecule has 1 aliphatic heterocycles. The molecule has 1 N–H and O–H groups in total. The smallest absolute Gasteiger partial charge is 0.253 e. The maximum atomic E-state index is 13.0. The third kappa shape index (κ3) is 2.14. The number of hydrogen-bond donors (Lipinski definition) is 1. The van der Waals surface area contributed by atoms with Crippen LogP contribution in [0.4, 0.5) is 8.78 Å². The second-order valence-corrected chi connectivity index (χ2v) is 3.50. The van der Waals surface area contributed by atoms with Gasteiger partial charge in [0.15, 0.2) is 0 Å². The van der Waals surface area contributed by atoms with Gasteiger partial charge < -0.3 is 5.32 Å². The highest BCUT2D eigenvalue weighted by Gasteiger charge is 2.40. The van der Waals surface area contributed by atoms with E-state index in [0.29, 0.717) is 19.8 Å². The van der Waals surface area contributed by atoms with Crippen molar-refractivity contribution in [3.05, 3.63) is 0 Å². The van der Waals surface area contributed by atoms with Gasteiger partial charge in [0.05, 0.1) is 0 Å². The van der Waals surface area contributed by atoms with Crippen LogP contribution >= 0.6 is 0 Å². The van der Waals surface area contributed by atoms with Crippen LogP contribution in [0.3, 0.4) is 0 Å². The molecule has 0 bridgehead atoms. The molecule has 72 valence electrons. The molecule has 0 spiro atoms. The lowest BCUT2D eigenvalue weighted by Crippen LogP contribution is -2.48. The molecular weight excluding hydrogens is 162 g/mol. The van der Waals surface area contributed by atoms with Gasteiger partial charge in [-0.2, -0.15) is 0 Å². The van der Waals surface area contributed by atoms with Gasteiger partial charge in [-0.05, 0) is 7.05 Å². The Hall–Kier alpha value is -0.220. The van der Waals surface area contributed by atoms with Crippen molar-refractivity contribution >= 4 is 0 Å². The van der Waals surface area contributed by atoms with Gasteiger partial charge >= 0.3 is 0 Å². The molecule has 4 heteroatoms. The summed E-state index contributed by atoms with van der Waals surface area (Å²) in [4.78, 5) is 2.02. The molecule has 1 unspecified atom stereocenters. The number of halogens is 2. The van der Waals surface area contributed by atoms with E-state index in [1.54, 1.807) is 6.92 Å². The molecule has 0 aliphatic carbocycles. The Bertz CT molecular complexity index is 150. The molecule has 0 radical (unpaired) electrons. The molecule has 1 rings (SSSR count). The zero-order chi connectivity index (χ0) is 9.19. The molecule has 0 aromatic rings. The summed E-state index contributed by atoms with van der Waals surface area (Å²) in [5.74, 6) is -2.97. The number of hydrogen-bond acceptors (Lipinski definition) is 2. The Morgan fingerprint density at radius 2 is 2.25 bits per heavy atom. The first-order valence-electron chi connectivity index (χ1n) is 4.31. The zero-order valence-corrected chi connectivity index (χ0v) is 7.61. The van der Waals surface area contributed by atoms with Gasteiger partial charge in [-0.25, -0.2) is 8.78 Å². The fourth-order valence-corrected chi connectivity index (χ4v) is 1.53. The number of piperidine rings is 1. The quantitative estimate of drug-likeness (QED) is 0.682. The first kappa shape index (κ1) is 9.86. The van der Waals surface area contributed by atoms with Crippen molar-refractivity contribution in [1.82, 2.24) is 10.2 Å². The molecule has 1 aliphatic rings. The van der Waals surface area contributed by atoms with Crippen molar-refractivity contribution in [1.29, 1.82) is 0 Å². The van der Waals surface area contributed by atoms with Gasteiger partial charge in [-0.15, -0.1) is 0 Å². The SMILES string of the molecule is CNCN1CCC(F)(F)C(C)C1. The Kier molecular flexibility index (Phi) is 3.01. The van der Waals surface area contributed by atoms with E-state index in [1.807, 2.05) is 11.9 Å². The molecule has 1 saturated heterocycles. The van der Waals surface area contributed by atoms with Crippen LogP contribution in [0.15, 0.2) is 0 Å². The minimum Gasteiger partial charge on any atom is -0.307 e. The molecule has 12 heavy (non-hydrogen) atoms. The lowest BCUT2D eigenvalue weighted by atomic mass is 9.96. The van der Waals surface area contributed by atoms with Crippen LogP contribution in [0.25, 0.3) is 0 Å². The molecular formula is C8H16F2N2. The summed E-state index contributed by atoms with van der Waals surface area (Å²) >= 11 is 0. The molecule has 1 atom stereocenters. The molecule has 1 fully saturated rings. The molecule has 1 heterocycles. The van der Waals surface area contributed by atoms with E-state index in [-0.39, 0.29) is 6.42 Å². The molecule has 0 aromatic heterocycles. The number of alkyl halides is 2. The van der Waals surface area contributed by atoms with Crippen LogP contribution in [0.5, 0.6) is 0 Å². The van der Waals surface area contributed by atoms with E-state index in [9.17, 15) is 8.78 Å². The first-order chi connectivity index (χ1) is 5.56. The van der Waals surface area contributed by atoms with E-state index >= 15 is 0 Å². The second kappa shape index (κ2) is 3.66. The average molecular weight is 178 g/mol. The van der Waals surface area contributed by atoms with Gasteiger partial charge in [0.2, 0.25) is 0 Å². The highest BCUT2D eigenvalue weighted by atomic mass is 19.3. The fraction of sp³-hybridized carbons (Fsp3) is 1.00. The number of rotatable bonds is 2. The summed E-state index contributed by atoms with van der Waals surface area (Å²) in [6.45, 7) is 3.31. The normalized spacial score (nSPS) is 30.5. The molecule has 2 nitrogen and oxygen atoms in total. The summed E-state index contributed by atoms with van der Waals surface area (Å²) in [5.41, 5.74) is 0. The van der Waals surface area contributed by atoms with Crippen LogP contribution in [0.2, 0.25) is 0 Å². The largest absolute Gasteiger partial charge is 0.307 e. The predicted octanol–water partition coefficient (Wildman–Crippen LogP) is 1.14. The van der Waals surface area contributed by atoms with Crippen molar-refractivity contribution in [3.63, 3.8) is 0 Å². The minimum atomic E-state index is -2.45. The van der Waals surface area contributed by atoms with Crippen molar-refractivity contribution in [2.45, 2.75) is 19.3 Å². The van der Waals surface area contributed by atoms with Crippen molar-refractivity contribution in [2.24, 2.45) is 5.92 Å². The van der Waals surface area contributed by atoms with E-state index in [2.05, 4.69) is 5.32 Å². The zero-order valence-electron chi connectivity index (χ0n) is 7.61. The Morgan fingerprint density at radius 3 is 2.75 bits per heavy atom. The van der Waals surface area contributed by atoms with Crippen molar-refractivity contribution < 1.29 is 8.78 Å². The van der Waals surface area contributed by atoms with E-state index in [4.69, 9.17) is 0 Å². The summed E-state index contributed by atoms with van der Waals surface area (Å²) in [6.07, 6.45) is -0.00412. The highest BCUT2D eigenvalue weighted by molar-refractivity contribution is 4.82. The second-order valence-electron chi connectivity index (χ2n) is 3.50. The third-order valence-corrected chi connectivity index (χ3v) is 2.40. The van der Waals surface area contributed by atoms with E-state index in [1.165, 1.54) is 0 Å². The van der Waals surface area contributed by atoms with Crippen molar-refractivity contribution in [2.75, 3.05) is 26.8 Å². The van der Waals surface area contributed by atoms with Crippen LogP contribution in [0.1, 0.15) is 13.3 Å². The Labute approximate surface area is 71.9 Å². The predicted molar refractivity (Wildman–Crippen MR) is 44.2 cm³/mol. The number of nitrogens with one attached hydrogen (secondary N) is 1. The number of nitrogens with zero attached hydrogens (tertiary/aromatic N) is 1. The number of likely N-dealkylation sites (tertiary alicyclic amines) is 1. The average Bonchev–Trinajstić information content (AvgIpc) is 1.98. The van der Waals surface area contributed by atoms with E-state index in [0.717, 1.165) is 0 Å². The van der Waals surface area contributed by atoms with Crippen molar-refractivity contribution in [3.8, 4) is 0 Å². The topological polar surface area (TPSA) is 15.3 Å². The molecule has 0 aromatic carbocycles. The molecule has 0 saturated carbocycles. The maximum Gasteiger partial charge on any atom is 0.253 e. The monoisotopic (exact) mass is 178 g/mol. The maximum absolute atomic E-state index is 13.0. The van der Waals surface area contributed by atoms with Gasteiger partial charge in [-0.3, -0.25) is 4.90 Å². The fourth-order valence-electron chi connectivity index (χ4n) is 1.53. The van der Waals surface area contributed by atoms with Gasteiger partial charge in [0.25, 0.3) is 5.92 Å². The van der Waals surface area contributed by atoms with Gasteiger partial charge in [0, 0.05) is 32.1 Å². The minimum absolute atomic E-state index is 0.00412. The lowest BCUT2D eigenvalue weighted by Gasteiger charge is -2.36. The summed E-state index contributed by atoms with van der Waals surface area (Å²) < 4.78 is 25.9. The van der Waals surface area contributed by atoms with E-state index < -0.39 is 11.8 Å². The van der Waals surface area contributed by atoms with Crippen LogP contribution in [-0.4, -0.2) is 37.6 Å². The van der Waals surface area contributed by atoms with Crippen LogP contribution < -0.4 is 5.32 Å². The highest BCUT2D eigenvalue weighted by Crippen LogP contribution is 2.32. The Morgan fingerprint density at radius 1 is 1.58 bits per heavy atom. The third-order valence-electron chi connectivity index (χ3n) is 2.40. The van der Waals surface area contributed by atoms with Crippen LogP contribution in [-0.2, 0) is 0 Å². The summed E-state index contributed by atoms with van der Waals surface area (Å²) in [7, 11) is 1.83. The lowest BCUT2D eigenvalue weighted by molar-refractivity contribution is -0.0995. The summed E-state index contributed by atoms with van der Waals surface area (Å²) in [5, 5.41) is 2.97. The first-order valence-corrected chi connectivity index (χ1v) is 4.31. The molecule has 0 amide bonds.